The zero-order chi connectivity index (χ0) is 10.5. The van der Waals surface area contributed by atoms with E-state index in [1.807, 2.05) is 0 Å². The molecule has 0 aromatic carbocycles. The molecule has 0 saturated carbocycles. The predicted octanol–water partition coefficient (Wildman–Crippen LogP) is 2.14. The van der Waals surface area contributed by atoms with Crippen LogP contribution in [-0.2, 0) is 0 Å². The summed E-state index contributed by atoms with van der Waals surface area (Å²) >= 11 is 0. The molecular weight excluding hydrogens is 160 g/mol. The van der Waals surface area contributed by atoms with E-state index in [9.17, 15) is 0 Å². The van der Waals surface area contributed by atoms with Gasteiger partial charge in [-0.2, -0.15) is 0 Å². The molecule has 0 bridgehead atoms. The molecule has 0 radical (unpaired) electrons. The number of nitrogens with two attached hydrogens (primary N) is 1. The minimum absolute atomic E-state index is 0.289. The van der Waals surface area contributed by atoms with Crippen molar-refractivity contribution in [3.63, 3.8) is 0 Å². The van der Waals surface area contributed by atoms with Crippen LogP contribution in [0.4, 0.5) is 0 Å². The third-order valence-electron chi connectivity index (χ3n) is 2.56. The Morgan fingerprint density at radius 2 is 1.85 bits per heavy atom. The molecule has 1 atom stereocenters. The Morgan fingerprint density at radius 3 is 2.23 bits per heavy atom. The van der Waals surface area contributed by atoms with Gasteiger partial charge in [-0.1, -0.05) is 41.0 Å². The number of hydrogen-bond donors (Lipinski definition) is 2. The maximum absolute atomic E-state index is 6.02. The van der Waals surface area contributed by atoms with Crippen LogP contribution in [0.1, 0.15) is 47.5 Å². The van der Waals surface area contributed by atoms with E-state index in [-0.39, 0.29) is 6.04 Å². The molecule has 0 aromatic heterocycles. The smallest absolute Gasteiger partial charge is 0.0170 e. The first-order valence-electron chi connectivity index (χ1n) is 5.36. The molecule has 13 heavy (non-hydrogen) atoms. The van der Waals surface area contributed by atoms with Gasteiger partial charge in [0.15, 0.2) is 0 Å². The van der Waals surface area contributed by atoms with E-state index in [4.69, 9.17) is 5.73 Å². The molecule has 0 fully saturated rings. The summed E-state index contributed by atoms with van der Waals surface area (Å²) in [7, 11) is 0. The Morgan fingerprint density at radius 1 is 1.31 bits per heavy atom. The largest absolute Gasteiger partial charge is 0.327 e. The quantitative estimate of drug-likeness (QED) is 0.667. The minimum Gasteiger partial charge on any atom is -0.327 e. The van der Waals surface area contributed by atoms with Crippen LogP contribution in [0.5, 0.6) is 0 Å². The first kappa shape index (κ1) is 12.9. The highest BCUT2D eigenvalue weighted by Crippen LogP contribution is 2.25. The highest BCUT2D eigenvalue weighted by molar-refractivity contribution is 4.76. The van der Waals surface area contributed by atoms with Crippen LogP contribution >= 0.6 is 0 Å². The van der Waals surface area contributed by atoms with Crippen molar-refractivity contribution in [1.82, 2.24) is 5.32 Å². The fraction of sp³-hybridized carbons (Fsp3) is 1.00. The molecule has 0 aliphatic heterocycles. The predicted molar refractivity (Wildman–Crippen MR) is 59.8 cm³/mol. The van der Waals surface area contributed by atoms with E-state index in [2.05, 4.69) is 39.9 Å². The Labute approximate surface area is 83.3 Å². The molecular formula is C11H26N2. The highest BCUT2D eigenvalue weighted by atomic mass is 14.9. The van der Waals surface area contributed by atoms with Crippen molar-refractivity contribution in [2.24, 2.45) is 11.1 Å². The molecule has 1 unspecified atom stereocenters. The third kappa shape index (κ3) is 7.03. The van der Waals surface area contributed by atoms with Crippen LogP contribution in [0.15, 0.2) is 0 Å². The van der Waals surface area contributed by atoms with Crippen LogP contribution in [0.3, 0.4) is 0 Å². The molecule has 0 amide bonds. The number of hydrogen-bond acceptors (Lipinski definition) is 2. The maximum atomic E-state index is 6.02. The van der Waals surface area contributed by atoms with Gasteiger partial charge in [-0.05, 0) is 11.8 Å². The SMILES string of the molecule is CCC(C)(C)CC(N)CNC(C)C. The van der Waals surface area contributed by atoms with Gasteiger partial charge in [0.05, 0.1) is 0 Å². The van der Waals surface area contributed by atoms with Crippen molar-refractivity contribution in [1.29, 1.82) is 0 Å². The fourth-order valence-corrected chi connectivity index (χ4v) is 1.31. The van der Waals surface area contributed by atoms with Gasteiger partial charge < -0.3 is 11.1 Å². The Bertz CT molecular complexity index is 130. The second-order valence-corrected chi connectivity index (χ2v) is 5.04. The van der Waals surface area contributed by atoms with Crippen molar-refractivity contribution >= 4 is 0 Å². The number of rotatable bonds is 6. The second kappa shape index (κ2) is 5.61. The van der Waals surface area contributed by atoms with E-state index >= 15 is 0 Å². The summed E-state index contributed by atoms with van der Waals surface area (Å²) in [5.41, 5.74) is 6.41. The average molecular weight is 186 g/mol. The van der Waals surface area contributed by atoms with Gasteiger partial charge in [-0.3, -0.25) is 0 Å². The van der Waals surface area contributed by atoms with E-state index < -0.39 is 0 Å². The third-order valence-corrected chi connectivity index (χ3v) is 2.56. The summed E-state index contributed by atoms with van der Waals surface area (Å²) in [5, 5.41) is 3.37. The minimum atomic E-state index is 0.289. The summed E-state index contributed by atoms with van der Waals surface area (Å²) in [6.07, 6.45) is 2.30. The molecule has 0 saturated heterocycles. The summed E-state index contributed by atoms with van der Waals surface area (Å²) in [4.78, 5) is 0. The van der Waals surface area contributed by atoms with Gasteiger partial charge in [0, 0.05) is 18.6 Å². The topological polar surface area (TPSA) is 38.0 Å². The van der Waals surface area contributed by atoms with Crippen LogP contribution in [-0.4, -0.2) is 18.6 Å². The van der Waals surface area contributed by atoms with Crippen LogP contribution in [0.25, 0.3) is 0 Å². The molecule has 0 rings (SSSR count). The first-order chi connectivity index (χ1) is 5.87. The Kier molecular flexibility index (Phi) is 5.57. The van der Waals surface area contributed by atoms with Gasteiger partial charge in [0.2, 0.25) is 0 Å². The first-order valence-corrected chi connectivity index (χ1v) is 5.36. The lowest BCUT2D eigenvalue weighted by molar-refractivity contribution is 0.287. The van der Waals surface area contributed by atoms with Crippen molar-refractivity contribution in [2.75, 3.05) is 6.54 Å². The van der Waals surface area contributed by atoms with E-state index in [1.54, 1.807) is 0 Å². The maximum Gasteiger partial charge on any atom is 0.0170 e. The monoisotopic (exact) mass is 186 g/mol. The van der Waals surface area contributed by atoms with Gasteiger partial charge in [-0.15, -0.1) is 0 Å². The highest BCUT2D eigenvalue weighted by Gasteiger charge is 2.18. The molecule has 3 N–H and O–H groups in total. The molecule has 2 heteroatoms. The van der Waals surface area contributed by atoms with E-state index in [1.165, 1.54) is 6.42 Å². The normalized spacial score (nSPS) is 15.0. The van der Waals surface area contributed by atoms with Crippen molar-refractivity contribution in [3.8, 4) is 0 Å². The van der Waals surface area contributed by atoms with E-state index in [0.717, 1.165) is 13.0 Å². The zero-order valence-corrected chi connectivity index (χ0v) is 9.85. The molecule has 0 aromatic rings. The molecule has 80 valence electrons. The fourth-order valence-electron chi connectivity index (χ4n) is 1.31. The standard InChI is InChI=1S/C11H26N2/c1-6-11(4,5)7-10(12)8-13-9(2)3/h9-10,13H,6-8,12H2,1-5H3. The molecule has 0 aliphatic carbocycles. The Hall–Kier alpha value is -0.0800. The van der Waals surface area contributed by atoms with E-state index in [0.29, 0.717) is 11.5 Å². The Balaban J connectivity index is 3.67. The molecule has 0 heterocycles. The lowest BCUT2D eigenvalue weighted by Gasteiger charge is -2.27. The van der Waals surface area contributed by atoms with Gasteiger partial charge >= 0.3 is 0 Å². The lowest BCUT2D eigenvalue weighted by Crippen LogP contribution is -2.39. The molecule has 0 aliphatic rings. The number of nitrogens with one attached hydrogen (secondary N) is 1. The van der Waals surface area contributed by atoms with Crippen LogP contribution in [0, 0.1) is 5.41 Å². The summed E-state index contributed by atoms with van der Waals surface area (Å²) < 4.78 is 0. The van der Waals surface area contributed by atoms with Crippen LogP contribution in [0.2, 0.25) is 0 Å². The summed E-state index contributed by atoms with van der Waals surface area (Å²) in [5.74, 6) is 0. The van der Waals surface area contributed by atoms with Crippen molar-refractivity contribution < 1.29 is 0 Å². The van der Waals surface area contributed by atoms with Crippen molar-refractivity contribution in [2.45, 2.75) is 59.5 Å². The molecule has 0 spiro atoms. The lowest BCUT2D eigenvalue weighted by atomic mass is 9.83. The van der Waals surface area contributed by atoms with Crippen LogP contribution < -0.4 is 11.1 Å². The zero-order valence-electron chi connectivity index (χ0n) is 9.85. The summed E-state index contributed by atoms with van der Waals surface area (Å²) in [6, 6.07) is 0.827. The van der Waals surface area contributed by atoms with Gasteiger partial charge in [0.1, 0.15) is 0 Å². The van der Waals surface area contributed by atoms with Gasteiger partial charge in [0.25, 0.3) is 0 Å². The van der Waals surface area contributed by atoms with Crippen molar-refractivity contribution in [3.05, 3.63) is 0 Å². The molecule has 2 nitrogen and oxygen atoms in total. The average Bonchev–Trinajstić information content (AvgIpc) is 2.00. The summed E-state index contributed by atoms with van der Waals surface area (Å²) in [6.45, 7) is 12.0. The second-order valence-electron chi connectivity index (χ2n) is 5.04. The van der Waals surface area contributed by atoms with Gasteiger partial charge in [-0.25, -0.2) is 0 Å².